The van der Waals surface area contributed by atoms with Crippen LogP contribution in [0.25, 0.3) is 42.4 Å². The van der Waals surface area contributed by atoms with Gasteiger partial charge >= 0.3 is 0 Å². The van der Waals surface area contributed by atoms with Crippen molar-refractivity contribution < 1.29 is 0 Å². The Morgan fingerprint density at radius 3 is 1.62 bits per heavy atom. The van der Waals surface area contributed by atoms with E-state index in [1.54, 1.807) is 0 Å². The van der Waals surface area contributed by atoms with Crippen LogP contribution in [0, 0.1) is 0 Å². The van der Waals surface area contributed by atoms with Gasteiger partial charge in [-0.2, -0.15) is 0 Å². The lowest BCUT2D eigenvalue weighted by atomic mass is 9.69. The molecule has 148 valence electrons. The highest BCUT2D eigenvalue weighted by Gasteiger charge is 2.52. The highest BCUT2D eigenvalue weighted by Crippen LogP contribution is 2.64. The third-order valence-electron chi connectivity index (χ3n) is 7.49. The highest BCUT2D eigenvalue weighted by atomic mass is 32.1. The molecule has 0 unspecified atom stereocenters. The molecule has 0 saturated heterocycles. The third-order valence-corrected chi connectivity index (χ3v) is 8.63. The van der Waals surface area contributed by atoms with Gasteiger partial charge in [-0.15, -0.1) is 11.3 Å². The number of hydrogen-bond donors (Lipinski definition) is 0. The van der Waals surface area contributed by atoms with Crippen molar-refractivity contribution >= 4 is 31.5 Å². The fourth-order valence-electron chi connectivity index (χ4n) is 6.40. The molecule has 1 aromatic heterocycles. The van der Waals surface area contributed by atoms with Crippen molar-refractivity contribution in [3.63, 3.8) is 0 Å². The van der Waals surface area contributed by atoms with Crippen LogP contribution >= 0.6 is 11.3 Å². The van der Waals surface area contributed by atoms with Gasteiger partial charge < -0.3 is 0 Å². The highest BCUT2D eigenvalue weighted by molar-refractivity contribution is 7.25. The predicted molar refractivity (Wildman–Crippen MR) is 136 cm³/mol. The molecule has 8 rings (SSSR count). The van der Waals surface area contributed by atoms with Crippen LogP contribution < -0.4 is 0 Å². The molecule has 0 amide bonds. The fraction of sp³-hybridized carbons (Fsp3) is 0.0323. The van der Waals surface area contributed by atoms with Crippen molar-refractivity contribution in [2.45, 2.75) is 5.41 Å². The van der Waals surface area contributed by atoms with Gasteiger partial charge in [0.05, 0.1) is 5.41 Å². The van der Waals surface area contributed by atoms with Crippen molar-refractivity contribution in [1.29, 1.82) is 0 Å². The van der Waals surface area contributed by atoms with Crippen LogP contribution in [0.4, 0.5) is 0 Å². The van der Waals surface area contributed by atoms with Crippen molar-refractivity contribution in [2.24, 2.45) is 0 Å². The largest absolute Gasteiger partial charge is 0.135 e. The Morgan fingerprint density at radius 2 is 0.969 bits per heavy atom. The van der Waals surface area contributed by atoms with Crippen molar-refractivity contribution in [2.75, 3.05) is 0 Å². The molecule has 0 fully saturated rings. The average molecular weight is 423 g/mol. The Hall–Kier alpha value is -3.68. The summed E-state index contributed by atoms with van der Waals surface area (Å²) in [6.45, 7) is 0. The Bertz CT molecular complexity index is 1670. The maximum Gasteiger partial charge on any atom is 0.0732 e. The van der Waals surface area contributed by atoms with Gasteiger partial charge in [0.1, 0.15) is 0 Å². The van der Waals surface area contributed by atoms with Crippen LogP contribution in [0.3, 0.4) is 0 Å². The van der Waals surface area contributed by atoms with Crippen molar-refractivity contribution in [3.05, 3.63) is 131 Å². The average Bonchev–Trinajstić information content (AvgIpc) is 3.48. The summed E-state index contributed by atoms with van der Waals surface area (Å²) in [6.07, 6.45) is 0. The number of hydrogen-bond acceptors (Lipinski definition) is 1. The lowest BCUT2D eigenvalue weighted by molar-refractivity contribution is 0.802. The summed E-state index contributed by atoms with van der Waals surface area (Å²) in [4.78, 5) is 0. The lowest BCUT2D eigenvalue weighted by Crippen LogP contribution is -2.26. The maximum absolute atomic E-state index is 2.37. The summed E-state index contributed by atoms with van der Waals surface area (Å²) in [5.41, 5.74) is 10.9. The molecule has 1 spiro atoms. The van der Waals surface area contributed by atoms with Gasteiger partial charge in [-0.25, -0.2) is 0 Å². The molecule has 2 aliphatic rings. The summed E-state index contributed by atoms with van der Waals surface area (Å²) in [5, 5.41) is 2.80. The van der Waals surface area contributed by atoms with E-state index in [1.807, 2.05) is 11.3 Å². The summed E-state index contributed by atoms with van der Waals surface area (Å²) in [5.74, 6) is 0. The van der Waals surface area contributed by atoms with E-state index in [0.29, 0.717) is 0 Å². The quantitative estimate of drug-likeness (QED) is 0.230. The fourth-order valence-corrected chi connectivity index (χ4v) is 7.52. The maximum atomic E-state index is 2.37. The number of thiophene rings is 1. The SMILES string of the molecule is c1ccc2c(c1)-c1ccccc1C21c2ccccc2-c2ccc3sc4ccccc4c3c21. The van der Waals surface area contributed by atoms with Crippen LogP contribution in [-0.2, 0) is 5.41 Å². The van der Waals surface area contributed by atoms with E-state index in [1.165, 1.54) is 64.7 Å². The minimum absolute atomic E-state index is 0.275. The zero-order valence-corrected chi connectivity index (χ0v) is 18.1. The molecule has 0 nitrogen and oxygen atoms in total. The zero-order chi connectivity index (χ0) is 20.9. The zero-order valence-electron chi connectivity index (χ0n) is 17.3. The minimum atomic E-state index is -0.275. The van der Waals surface area contributed by atoms with E-state index < -0.39 is 0 Å². The van der Waals surface area contributed by atoms with E-state index in [9.17, 15) is 0 Å². The molecule has 5 aromatic carbocycles. The van der Waals surface area contributed by atoms with Gasteiger partial charge in [-0.3, -0.25) is 0 Å². The predicted octanol–water partition coefficient (Wildman–Crippen LogP) is 8.40. The first-order valence-electron chi connectivity index (χ1n) is 11.1. The molecule has 0 atom stereocenters. The molecule has 0 aliphatic heterocycles. The molecular formula is C31H18S. The van der Waals surface area contributed by atoms with E-state index in [-0.39, 0.29) is 5.41 Å². The van der Waals surface area contributed by atoms with E-state index >= 15 is 0 Å². The standard InChI is InChI=1S/C31H18S/c1-5-13-24-19(9-1)20-10-2-6-14-25(20)31(24)26-15-7-3-11-21(26)22-17-18-28-29(30(22)31)23-12-4-8-16-27(23)32-28/h1-18H. The number of rotatable bonds is 0. The molecule has 1 heteroatoms. The summed E-state index contributed by atoms with van der Waals surface area (Å²) in [7, 11) is 0. The number of benzene rings is 5. The first-order valence-corrected chi connectivity index (χ1v) is 11.9. The second-order valence-corrected chi connectivity index (χ2v) is 9.93. The smallest absolute Gasteiger partial charge is 0.0732 e. The molecule has 0 radical (unpaired) electrons. The van der Waals surface area contributed by atoms with Crippen LogP contribution in [0.1, 0.15) is 22.3 Å². The van der Waals surface area contributed by atoms with Gasteiger partial charge in [-0.1, -0.05) is 97.1 Å². The topological polar surface area (TPSA) is 0 Å². The Balaban J connectivity index is 1.69. The Labute approximate surface area is 190 Å². The van der Waals surface area contributed by atoms with E-state index in [4.69, 9.17) is 0 Å². The van der Waals surface area contributed by atoms with Crippen LogP contribution in [0.15, 0.2) is 109 Å². The second kappa shape index (κ2) is 5.76. The van der Waals surface area contributed by atoms with Crippen LogP contribution in [-0.4, -0.2) is 0 Å². The monoisotopic (exact) mass is 422 g/mol. The van der Waals surface area contributed by atoms with Gasteiger partial charge in [0.15, 0.2) is 0 Å². The molecule has 2 aliphatic carbocycles. The molecule has 0 bridgehead atoms. The van der Waals surface area contributed by atoms with Gasteiger partial charge in [0.25, 0.3) is 0 Å². The van der Waals surface area contributed by atoms with Gasteiger partial charge in [-0.05, 0) is 56.6 Å². The Morgan fingerprint density at radius 1 is 0.438 bits per heavy atom. The number of fused-ring (bicyclic) bond motifs is 14. The van der Waals surface area contributed by atoms with Crippen molar-refractivity contribution in [3.8, 4) is 22.3 Å². The first-order chi connectivity index (χ1) is 15.9. The van der Waals surface area contributed by atoms with Crippen LogP contribution in [0.5, 0.6) is 0 Å². The van der Waals surface area contributed by atoms with Crippen LogP contribution in [0.2, 0.25) is 0 Å². The summed E-state index contributed by atoms with van der Waals surface area (Å²) >= 11 is 1.91. The molecule has 0 N–H and O–H groups in total. The minimum Gasteiger partial charge on any atom is -0.135 e. The molecule has 1 heterocycles. The van der Waals surface area contributed by atoms with Gasteiger partial charge in [0, 0.05) is 20.2 Å². The third kappa shape index (κ3) is 1.78. The molecule has 6 aromatic rings. The second-order valence-electron chi connectivity index (χ2n) is 8.85. The van der Waals surface area contributed by atoms with Gasteiger partial charge in [0.2, 0.25) is 0 Å². The normalized spacial score (nSPS) is 14.5. The van der Waals surface area contributed by atoms with E-state index in [0.717, 1.165) is 0 Å². The summed E-state index contributed by atoms with van der Waals surface area (Å²) in [6, 6.07) is 40.7. The molecule has 32 heavy (non-hydrogen) atoms. The summed E-state index contributed by atoms with van der Waals surface area (Å²) < 4.78 is 2.74. The Kier molecular flexibility index (Phi) is 3.05. The molecule has 0 saturated carbocycles. The first kappa shape index (κ1) is 16.9. The lowest BCUT2D eigenvalue weighted by Gasteiger charge is -2.31. The van der Waals surface area contributed by atoms with Crippen molar-refractivity contribution in [1.82, 2.24) is 0 Å². The van der Waals surface area contributed by atoms with E-state index in [2.05, 4.69) is 109 Å². The molecular weight excluding hydrogens is 404 g/mol.